The second-order valence-electron chi connectivity index (χ2n) is 4.77. The van der Waals surface area contributed by atoms with Crippen LogP contribution in [0.1, 0.15) is 18.1 Å². The molecule has 1 heteroatoms. The average molecular weight is 323 g/mol. The molecule has 0 aromatic heterocycles. The Hall–Kier alpha value is -1.86. The lowest BCUT2D eigenvalue weighted by molar-refractivity contribution is 1.67. The Bertz CT molecular complexity index is 841. The fourth-order valence-electron chi connectivity index (χ4n) is 2.78. The monoisotopic (exact) mass is 322 g/mol. The van der Waals surface area contributed by atoms with Crippen molar-refractivity contribution in [3.63, 3.8) is 0 Å². The van der Waals surface area contributed by atoms with E-state index in [0.717, 1.165) is 4.47 Å². The van der Waals surface area contributed by atoms with E-state index < -0.39 is 0 Å². The van der Waals surface area contributed by atoms with E-state index >= 15 is 0 Å². The van der Waals surface area contributed by atoms with E-state index in [2.05, 4.69) is 77.1 Å². The lowest BCUT2D eigenvalue weighted by atomic mass is 9.91. The topological polar surface area (TPSA) is 0 Å². The maximum atomic E-state index is 4.01. The Balaban J connectivity index is 2.64. The fourth-order valence-corrected chi connectivity index (χ4v) is 3.14. The number of benzene rings is 3. The minimum atomic E-state index is 1.09. The first-order valence-corrected chi connectivity index (χ1v) is 7.44. The van der Waals surface area contributed by atoms with Crippen molar-refractivity contribution in [3.8, 4) is 0 Å². The summed E-state index contributed by atoms with van der Waals surface area (Å²) in [5, 5.41) is 5.07. The summed E-state index contributed by atoms with van der Waals surface area (Å²) < 4.78 is 1.09. The van der Waals surface area contributed by atoms with Crippen LogP contribution in [0, 0.1) is 0 Å². The Labute approximate surface area is 127 Å². The molecule has 0 aliphatic carbocycles. The SMILES string of the molecule is C=Cc1c(/C=C\C)c2ccccc2c2ccc(Br)cc12. The molecule has 0 nitrogen and oxygen atoms in total. The van der Waals surface area contributed by atoms with Crippen LogP contribution in [0.25, 0.3) is 33.7 Å². The second-order valence-corrected chi connectivity index (χ2v) is 5.68. The van der Waals surface area contributed by atoms with Gasteiger partial charge in [-0.25, -0.2) is 0 Å². The molecule has 3 rings (SSSR count). The van der Waals surface area contributed by atoms with Gasteiger partial charge in [-0.1, -0.05) is 71.1 Å². The van der Waals surface area contributed by atoms with Crippen molar-refractivity contribution in [1.29, 1.82) is 0 Å². The Kier molecular flexibility index (Phi) is 3.45. The number of rotatable bonds is 2. The normalized spacial score (nSPS) is 11.5. The van der Waals surface area contributed by atoms with Crippen LogP contribution in [0.4, 0.5) is 0 Å². The van der Waals surface area contributed by atoms with E-state index in [4.69, 9.17) is 0 Å². The molecule has 0 aliphatic heterocycles. The lowest BCUT2D eigenvalue weighted by Crippen LogP contribution is -1.89. The Morgan fingerprint density at radius 2 is 1.60 bits per heavy atom. The molecule has 0 spiro atoms. The number of hydrogen-bond donors (Lipinski definition) is 0. The van der Waals surface area contributed by atoms with Gasteiger partial charge < -0.3 is 0 Å². The van der Waals surface area contributed by atoms with E-state index in [0.29, 0.717) is 0 Å². The van der Waals surface area contributed by atoms with Gasteiger partial charge in [-0.2, -0.15) is 0 Å². The Morgan fingerprint density at radius 3 is 2.30 bits per heavy atom. The standard InChI is InChI=1S/C19H15Br/c1-3-7-15-14(4-2)19-12-13(20)10-11-18(19)17-9-6-5-8-16(15)17/h3-12H,2H2,1H3/b7-3-. The smallest absolute Gasteiger partial charge is 0.0181 e. The highest BCUT2D eigenvalue weighted by molar-refractivity contribution is 9.10. The van der Waals surface area contributed by atoms with Crippen LogP contribution in [0.15, 0.2) is 59.6 Å². The third-order valence-corrected chi connectivity index (χ3v) is 4.10. The maximum absolute atomic E-state index is 4.01. The molecule has 0 bridgehead atoms. The van der Waals surface area contributed by atoms with Crippen LogP contribution in [-0.2, 0) is 0 Å². The second kappa shape index (κ2) is 5.26. The molecular formula is C19H15Br. The van der Waals surface area contributed by atoms with Crippen LogP contribution >= 0.6 is 15.9 Å². The van der Waals surface area contributed by atoms with Crippen molar-refractivity contribution in [2.75, 3.05) is 0 Å². The zero-order valence-electron chi connectivity index (χ0n) is 11.4. The first kappa shape index (κ1) is 13.1. The minimum absolute atomic E-state index is 1.09. The highest BCUT2D eigenvalue weighted by Crippen LogP contribution is 2.35. The van der Waals surface area contributed by atoms with Crippen molar-refractivity contribution in [3.05, 3.63) is 70.7 Å². The fraction of sp³-hybridized carbons (Fsp3) is 0.0526. The lowest BCUT2D eigenvalue weighted by Gasteiger charge is -2.13. The van der Waals surface area contributed by atoms with Crippen molar-refractivity contribution < 1.29 is 0 Å². The summed E-state index contributed by atoms with van der Waals surface area (Å²) in [7, 11) is 0. The maximum Gasteiger partial charge on any atom is 0.0181 e. The summed E-state index contributed by atoms with van der Waals surface area (Å²) in [5.41, 5.74) is 2.43. The van der Waals surface area contributed by atoms with E-state index in [1.807, 2.05) is 13.0 Å². The molecular weight excluding hydrogens is 308 g/mol. The molecule has 0 saturated carbocycles. The van der Waals surface area contributed by atoms with Gasteiger partial charge in [-0.3, -0.25) is 0 Å². The zero-order valence-corrected chi connectivity index (χ0v) is 12.9. The van der Waals surface area contributed by atoms with Gasteiger partial charge in [0, 0.05) is 4.47 Å². The van der Waals surface area contributed by atoms with E-state index in [-0.39, 0.29) is 0 Å². The van der Waals surface area contributed by atoms with Crippen molar-refractivity contribution in [2.45, 2.75) is 6.92 Å². The predicted molar refractivity (Wildman–Crippen MR) is 94.0 cm³/mol. The quantitative estimate of drug-likeness (QED) is 0.477. The summed E-state index contributed by atoms with van der Waals surface area (Å²) in [6.45, 7) is 6.06. The van der Waals surface area contributed by atoms with Crippen LogP contribution in [0.2, 0.25) is 0 Å². The Morgan fingerprint density at radius 1 is 0.900 bits per heavy atom. The van der Waals surface area contributed by atoms with E-state index in [1.54, 1.807) is 0 Å². The summed E-state index contributed by atoms with van der Waals surface area (Å²) in [5.74, 6) is 0. The van der Waals surface area contributed by atoms with E-state index in [1.165, 1.54) is 32.7 Å². The van der Waals surface area contributed by atoms with Crippen molar-refractivity contribution >= 4 is 49.6 Å². The van der Waals surface area contributed by atoms with Gasteiger partial charge in [0.25, 0.3) is 0 Å². The molecule has 3 aromatic rings. The highest BCUT2D eigenvalue weighted by Gasteiger charge is 2.10. The first-order chi connectivity index (χ1) is 9.76. The molecule has 0 atom stereocenters. The first-order valence-electron chi connectivity index (χ1n) is 6.65. The van der Waals surface area contributed by atoms with Gasteiger partial charge in [0.05, 0.1) is 0 Å². The van der Waals surface area contributed by atoms with Crippen LogP contribution in [-0.4, -0.2) is 0 Å². The molecule has 0 amide bonds. The van der Waals surface area contributed by atoms with Gasteiger partial charge >= 0.3 is 0 Å². The molecule has 20 heavy (non-hydrogen) atoms. The molecule has 0 aliphatic rings. The van der Waals surface area contributed by atoms with E-state index in [9.17, 15) is 0 Å². The summed E-state index contributed by atoms with van der Waals surface area (Å²) in [4.78, 5) is 0. The van der Waals surface area contributed by atoms with Crippen LogP contribution in [0.3, 0.4) is 0 Å². The largest absolute Gasteiger partial charge is 0.0984 e. The number of fused-ring (bicyclic) bond motifs is 3. The van der Waals surface area contributed by atoms with Gasteiger partial charge in [0.2, 0.25) is 0 Å². The average Bonchev–Trinajstić information content (AvgIpc) is 2.47. The number of allylic oxidation sites excluding steroid dienone is 1. The molecule has 0 N–H and O–H groups in total. The van der Waals surface area contributed by atoms with Crippen molar-refractivity contribution in [2.24, 2.45) is 0 Å². The molecule has 0 saturated heterocycles. The molecule has 0 unspecified atom stereocenters. The number of halogens is 1. The van der Waals surface area contributed by atoms with Crippen LogP contribution < -0.4 is 0 Å². The van der Waals surface area contributed by atoms with Gasteiger partial charge in [-0.05, 0) is 51.7 Å². The predicted octanol–water partition coefficient (Wildman–Crippen LogP) is 6.43. The summed E-state index contributed by atoms with van der Waals surface area (Å²) >= 11 is 3.57. The third kappa shape index (κ3) is 1.99. The molecule has 0 fully saturated rings. The molecule has 0 radical (unpaired) electrons. The summed E-state index contributed by atoms with van der Waals surface area (Å²) in [6.07, 6.45) is 6.20. The van der Waals surface area contributed by atoms with Crippen LogP contribution in [0.5, 0.6) is 0 Å². The van der Waals surface area contributed by atoms with Gasteiger partial charge in [0.1, 0.15) is 0 Å². The molecule has 3 aromatic carbocycles. The van der Waals surface area contributed by atoms with Crippen molar-refractivity contribution in [1.82, 2.24) is 0 Å². The summed E-state index contributed by atoms with van der Waals surface area (Å²) in [6, 6.07) is 15.0. The third-order valence-electron chi connectivity index (χ3n) is 3.61. The molecule has 98 valence electrons. The van der Waals surface area contributed by atoms with Gasteiger partial charge in [-0.15, -0.1) is 0 Å². The zero-order chi connectivity index (χ0) is 14.1. The van der Waals surface area contributed by atoms with Gasteiger partial charge in [0.15, 0.2) is 0 Å². The highest BCUT2D eigenvalue weighted by atomic mass is 79.9. The minimum Gasteiger partial charge on any atom is -0.0984 e. The number of hydrogen-bond acceptors (Lipinski definition) is 0. The molecule has 0 heterocycles.